The molecule has 0 fully saturated rings. The molecule has 0 saturated carbocycles. The Kier molecular flexibility index (Phi) is 5.13. The third kappa shape index (κ3) is 2.63. The predicted molar refractivity (Wildman–Crippen MR) is 123 cm³/mol. The van der Waals surface area contributed by atoms with Crippen molar-refractivity contribution in [2.24, 2.45) is 0 Å². The molecular formula is C26H25OP. The van der Waals surface area contributed by atoms with Gasteiger partial charge < -0.3 is 0 Å². The maximum atomic E-state index is 7.09. The van der Waals surface area contributed by atoms with Gasteiger partial charge >= 0.3 is 167 Å². The van der Waals surface area contributed by atoms with Crippen molar-refractivity contribution in [1.82, 2.24) is 0 Å². The van der Waals surface area contributed by atoms with Gasteiger partial charge in [-0.05, 0) is 0 Å². The molecule has 140 valence electrons. The second kappa shape index (κ2) is 7.72. The molecular weight excluding hydrogens is 359 g/mol. The Labute approximate surface area is 167 Å². The first-order valence-corrected chi connectivity index (χ1v) is 11.9. The SMILES string of the molecule is CCOP(c1ccccc1)(c1ccccc1)(c1ccccc1)c1ccccc1. The molecule has 0 atom stereocenters. The van der Waals surface area contributed by atoms with Gasteiger partial charge in [-0.15, -0.1) is 0 Å². The van der Waals surface area contributed by atoms with E-state index in [0.717, 1.165) is 0 Å². The van der Waals surface area contributed by atoms with E-state index in [0.29, 0.717) is 6.61 Å². The molecule has 4 aromatic rings. The second-order valence-electron chi connectivity index (χ2n) is 6.80. The van der Waals surface area contributed by atoms with E-state index in [4.69, 9.17) is 4.52 Å². The van der Waals surface area contributed by atoms with E-state index in [1.54, 1.807) is 0 Å². The average Bonchev–Trinajstić information content (AvgIpc) is 2.80. The van der Waals surface area contributed by atoms with Gasteiger partial charge in [-0.1, -0.05) is 0 Å². The minimum atomic E-state index is -3.37. The summed E-state index contributed by atoms with van der Waals surface area (Å²) in [6, 6.07) is 43.0. The van der Waals surface area contributed by atoms with E-state index in [1.165, 1.54) is 21.2 Å². The molecule has 4 aromatic carbocycles. The quantitative estimate of drug-likeness (QED) is 0.434. The van der Waals surface area contributed by atoms with Crippen LogP contribution < -0.4 is 21.2 Å². The molecule has 0 aliphatic rings. The zero-order valence-electron chi connectivity index (χ0n) is 16.1. The van der Waals surface area contributed by atoms with E-state index in [9.17, 15) is 0 Å². The number of benzene rings is 4. The topological polar surface area (TPSA) is 9.23 Å². The van der Waals surface area contributed by atoms with Crippen LogP contribution in [0.3, 0.4) is 0 Å². The van der Waals surface area contributed by atoms with Crippen molar-refractivity contribution >= 4 is 28.0 Å². The van der Waals surface area contributed by atoms with Crippen LogP contribution in [-0.4, -0.2) is 6.61 Å². The molecule has 0 amide bonds. The van der Waals surface area contributed by atoms with E-state index < -0.39 is 6.83 Å². The minimum absolute atomic E-state index is 0.616. The summed E-state index contributed by atoms with van der Waals surface area (Å²) in [5.74, 6) is 0. The molecule has 28 heavy (non-hydrogen) atoms. The van der Waals surface area contributed by atoms with Gasteiger partial charge in [0.1, 0.15) is 0 Å². The normalized spacial score (nSPS) is 12.8. The fourth-order valence-electron chi connectivity index (χ4n) is 4.30. The molecule has 2 heteroatoms. The summed E-state index contributed by atoms with van der Waals surface area (Å²) < 4.78 is 7.09. The molecule has 0 spiro atoms. The Morgan fingerprint density at radius 2 is 0.714 bits per heavy atom. The molecule has 4 rings (SSSR count). The molecule has 0 N–H and O–H groups in total. The van der Waals surface area contributed by atoms with Gasteiger partial charge in [0.25, 0.3) is 0 Å². The fourth-order valence-corrected chi connectivity index (χ4v) is 10.2. The maximum absolute atomic E-state index is 7.09. The van der Waals surface area contributed by atoms with Crippen molar-refractivity contribution in [2.45, 2.75) is 6.92 Å². The first-order valence-electron chi connectivity index (χ1n) is 9.72. The zero-order chi connectivity index (χ0) is 19.3. The molecule has 0 heterocycles. The van der Waals surface area contributed by atoms with Crippen molar-refractivity contribution in [2.75, 3.05) is 6.61 Å². The van der Waals surface area contributed by atoms with Crippen LogP contribution in [-0.2, 0) is 4.52 Å². The Bertz CT molecular complexity index is 845. The Morgan fingerprint density at radius 3 is 0.929 bits per heavy atom. The van der Waals surface area contributed by atoms with E-state index >= 15 is 0 Å². The number of hydrogen-bond donors (Lipinski definition) is 0. The van der Waals surface area contributed by atoms with Gasteiger partial charge in [-0.3, -0.25) is 0 Å². The van der Waals surface area contributed by atoms with Gasteiger partial charge in [-0.2, -0.15) is 0 Å². The number of hydrogen-bond acceptors (Lipinski definition) is 1. The monoisotopic (exact) mass is 384 g/mol. The summed E-state index contributed by atoms with van der Waals surface area (Å²) in [7, 11) is 0. The van der Waals surface area contributed by atoms with E-state index in [-0.39, 0.29) is 0 Å². The van der Waals surface area contributed by atoms with Gasteiger partial charge in [0, 0.05) is 0 Å². The third-order valence-electron chi connectivity index (χ3n) is 5.38. The van der Waals surface area contributed by atoms with Crippen molar-refractivity contribution in [3.05, 3.63) is 121 Å². The first-order chi connectivity index (χ1) is 13.8. The Balaban J connectivity index is 2.28. The van der Waals surface area contributed by atoms with Gasteiger partial charge in [0.15, 0.2) is 0 Å². The van der Waals surface area contributed by atoms with Crippen LogP contribution in [0.25, 0.3) is 0 Å². The summed E-state index contributed by atoms with van der Waals surface area (Å²) >= 11 is 0. The van der Waals surface area contributed by atoms with Crippen LogP contribution in [0.1, 0.15) is 6.92 Å². The van der Waals surface area contributed by atoms with Gasteiger partial charge in [-0.25, -0.2) is 0 Å². The van der Waals surface area contributed by atoms with E-state index in [1.807, 2.05) is 0 Å². The molecule has 0 radical (unpaired) electrons. The first kappa shape index (κ1) is 18.6. The van der Waals surface area contributed by atoms with Crippen LogP contribution in [0.4, 0.5) is 0 Å². The molecule has 0 bridgehead atoms. The summed E-state index contributed by atoms with van der Waals surface area (Å²) in [4.78, 5) is 0. The molecule has 0 saturated heterocycles. The average molecular weight is 384 g/mol. The van der Waals surface area contributed by atoms with Crippen LogP contribution >= 0.6 is 6.83 Å². The summed E-state index contributed by atoms with van der Waals surface area (Å²) in [6.45, 7) is -0.658. The Morgan fingerprint density at radius 1 is 0.464 bits per heavy atom. The summed E-state index contributed by atoms with van der Waals surface area (Å²) in [6.07, 6.45) is 0. The van der Waals surface area contributed by atoms with Crippen molar-refractivity contribution in [3.63, 3.8) is 0 Å². The predicted octanol–water partition coefficient (Wildman–Crippen LogP) is 4.79. The molecule has 0 aliphatic carbocycles. The van der Waals surface area contributed by atoms with Crippen molar-refractivity contribution < 1.29 is 4.52 Å². The molecule has 0 aromatic heterocycles. The molecule has 0 aliphatic heterocycles. The summed E-state index contributed by atoms with van der Waals surface area (Å²) in [5, 5.41) is 4.89. The van der Waals surface area contributed by atoms with Crippen LogP contribution in [0.2, 0.25) is 0 Å². The fraction of sp³-hybridized carbons (Fsp3) is 0.0769. The standard InChI is InChI=1S/C26H25OP/c1-2-27-28(23-15-7-3-8-16-23,24-17-9-4-10-18-24,25-19-11-5-12-20-25)26-21-13-6-14-22-26/h3-22H,2H2,1H3. The van der Waals surface area contributed by atoms with Crippen LogP contribution in [0, 0.1) is 0 Å². The van der Waals surface area contributed by atoms with Crippen LogP contribution in [0.15, 0.2) is 121 Å². The van der Waals surface area contributed by atoms with Crippen molar-refractivity contribution in [1.29, 1.82) is 0 Å². The number of rotatable bonds is 6. The van der Waals surface area contributed by atoms with Crippen LogP contribution in [0.5, 0.6) is 0 Å². The zero-order valence-corrected chi connectivity index (χ0v) is 17.0. The molecule has 1 nitrogen and oxygen atoms in total. The van der Waals surface area contributed by atoms with Crippen molar-refractivity contribution in [3.8, 4) is 0 Å². The third-order valence-corrected chi connectivity index (χ3v) is 11.3. The second-order valence-corrected chi connectivity index (χ2v) is 11.2. The molecule has 0 unspecified atom stereocenters. The van der Waals surface area contributed by atoms with E-state index in [2.05, 4.69) is 128 Å². The Hall–Kier alpha value is -2.73. The summed E-state index contributed by atoms with van der Waals surface area (Å²) in [5.41, 5.74) is 0. The van der Waals surface area contributed by atoms with Gasteiger partial charge in [0.2, 0.25) is 0 Å². The van der Waals surface area contributed by atoms with Gasteiger partial charge in [0.05, 0.1) is 0 Å².